The van der Waals surface area contributed by atoms with Gasteiger partial charge in [-0.1, -0.05) is 18.5 Å². The maximum Gasteiger partial charge on any atom is 0.137 e. The first-order valence-corrected chi connectivity index (χ1v) is 4.92. The number of rotatable bonds is 4. The van der Waals surface area contributed by atoms with E-state index >= 15 is 0 Å². The molecule has 0 amide bonds. The quantitative estimate of drug-likeness (QED) is 0.750. The Bertz CT molecular complexity index is 306. The summed E-state index contributed by atoms with van der Waals surface area (Å²) in [5.41, 5.74) is 0.803. The first-order chi connectivity index (χ1) is 6.65. The van der Waals surface area contributed by atoms with Crippen molar-refractivity contribution in [2.75, 3.05) is 11.9 Å². The minimum Gasteiger partial charge on any atom is -0.391 e. The lowest BCUT2D eigenvalue weighted by Gasteiger charge is -2.11. The summed E-state index contributed by atoms with van der Waals surface area (Å²) >= 11 is 5.81. The summed E-state index contributed by atoms with van der Waals surface area (Å²) in [6.45, 7) is 4.24. The van der Waals surface area contributed by atoms with E-state index < -0.39 is 0 Å². The Morgan fingerprint density at radius 1 is 1.57 bits per heavy atom. The van der Waals surface area contributed by atoms with Crippen LogP contribution in [0.3, 0.4) is 0 Å². The molecule has 0 aliphatic rings. The van der Waals surface area contributed by atoms with Crippen molar-refractivity contribution in [1.29, 1.82) is 0 Å². The molecule has 0 fully saturated rings. The van der Waals surface area contributed by atoms with Gasteiger partial charge in [0, 0.05) is 12.1 Å². The van der Waals surface area contributed by atoms with E-state index in [-0.39, 0.29) is 6.10 Å². The zero-order valence-corrected chi connectivity index (χ0v) is 9.04. The van der Waals surface area contributed by atoms with Gasteiger partial charge in [-0.05, 0) is 13.3 Å². The smallest absolute Gasteiger partial charge is 0.137 e. The predicted octanol–water partition coefficient (Wildman–Crippen LogP) is 1.62. The molecule has 0 aliphatic carbocycles. The SMILES string of the molecule is CCC(O)CNc1ncnc(Cl)c1C. The molecule has 0 spiro atoms. The standard InChI is InChI=1S/C9H14ClN3O/c1-3-7(14)4-11-9-6(2)8(10)12-5-13-9/h5,7,14H,3-4H2,1-2H3,(H,11,12,13). The third kappa shape index (κ3) is 2.82. The van der Waals surface area contributed by atoms with Crippen molar-refractivity contribution in [3.63, 3.8) is 0 Å². The molecule has 2 N–H and O–H groups in total. The van der Waals surface area contributed by atoms with E-state index in [2.05, 4.69) is 15.3 Å². The van der Waals surface area contributed by atoms with Crippen molar-refractivity contribution in [3.05, 3.63) is 17.0 Å². The lowest BCUT2D eigenvalue weighted by atomic mass is 10.2. The van der Waals surface area contributed by atoms with Crippen LogP contribution >= 0.6 is 11.6 Å². The van der Waals surface area contributed by atoms with E-state index in [1.165, 1.54) is 6.33 Å². The molecule has 1 heterocycles. The van der Waals surface area contributed by atoms with Crippen LogP contribution in [0.25, 0.3) is 0 Å². The number of halogens is 1. The van der Waals surface area contributed by atoms with Gasteiger partial charge < -0.3 is 10.4 Å². The van der Waals surface area contributed by atoms with Crippen molar-refractivity contribution >= 4 is 17.4 Å². The van der Waals surface area contributed by atoms with E-state index in [0.717, 1.165) is 5.56 Å². The van der Waals surface area contributed by atoms with Gasteiger partial charge in [-0.3, -0.25) is 0 Å². The zero-order chi connectivity index (χ0) is 10.6. The molecule has 0 saturated carbocycles. The van der Waals surface area contributed by atoms with Crippen LogP contribution in [0.4, 0.5) is 5.82 Å². The number of nitrogens with one attached hydrogen (secondary N) is 1. The van der Waals surface area contributed by atoms with E-state index in [1.54, 1.807) is 0 Å². The lowest BCUT2D eigenvalue weighted by molar-refractivity contribution is 0.183. The van der Waals surface area contributed by atoms with Crippen LogP contribution in [0.15, 0.2) is 6.33 Å². The Kier molecular flexibility index (Phi) is 4.10. The zero-order valence-electron chi connectivity index (χ0n) is 8.29. The predicted molar refractivity (Wildman–Crippen MR) is 56.6 cm³/mol. The first kappa shape index (κ1) is 11.2. The Morgan fingerprint density at radius 2 is 2.29 bits per heavy atom. The highest BCUT2D eigenvalue weighted by atomic mass is 35.5. The minimum absolute atomic E-state index is 0.358. The van der Waals surface area contributed by atoms with E-state index in [4.69, 9.17) is 11.6 Å². The second-order valence-corrected chi connectivity index (χ2v) is 3.44. The molecule has 5 heteroatoms. The van der Waals surface area contributed by atoms with Crippen LogP contribution in [-0.2, 0) is 0 Å². The van der Waals surface area contributed by atoms with Crippen LogP contribution < -0.4 is 5.32 Å². The Balaban J connectivity index is 2.63. The molecule has 0 aliphatic heterocycles. The third-order valence-electron chi connectivity index (χ3n) is 2.00. The van der Waals surface area contributed by atoms with Crippen molar-refractivity contribution in [2.24, 2.45) is 0 Å². The number of nitrogens with zero attached hydrogens (tertiary/aromatic N) is 2. The molecule has 78 valence electrons. The monoisotopic (exact) mass is 215 g/mol. The maximum atomic E-state index is 9.34. The number of aromatic nitrogens is 2. The normalized spacial score (nSPS) is 12.6. The van der Waals surface area contributed by atoms with E-state index in [1.807, 2.05) is 13.8 Å². The van der Waals surface area contributed by atoms with Gasteiger partial charge >= 0.3 is 0 Å². The van der Waals surface area contributed by atoms with Gasteiger partial charge in [-0.2, -0.15) is 0 Å². The molecule has 1 aromatic rings. The molecular formula is C9H14ClN3O. The Hall–Kier alpha value is -0.870. The summed E-state index contributed by atoms with van der Waals surface area (Å²) in [4.78, 5) is 7.87. The number of hydrogen-bond acceptors (Lipinski definition) is 4. The molecule has 4 nitrogen and oxygen atoms in total. The molecule has 1 atom stereocenters. The summed E-state index contributed by atoms with van der Waals surface area (Å²) < 4.78 is 0. The van der Waals surface area contributed by atoms with Crippen LogP contribution in [-0.4, -0.2) is 27.7 Å². The average Bonchev–Trinajstić information content (AvgIpc) is 2.20. The summed E-state index contributed by atoms with van der Waals surface area (Å²) in [6, 6.07) is 0. The fourth-order valence-electron chi connectivity index (χ4n) is 0.966. The second kappa shape index (κ2) is 5.12. The van der Waals surface area contributed by atoms with Crippen molar-refractivity contribution < 1.29 is 5.11 Å². The van der Waals surface area contributed by atoms with Crippen molar-refractivity contribution in [2.45, 2.75) is 26.4 Å². The highest BCUT2D eigenvalue weighted by Crippen LogP contribution is 2.17. The fraction of sp³-hybridized carbons (Fsp3) is 0.556. The third-order valence-corrected chi connectivity index (χ3v) is 2.38. The second-order valence-electron chi connectivity index (χ2n) is 3.08. The fourth-order valence-corrected chi connectivity index (χ4v) is 1.10. The first-order valence-electron chi connectivity index (χ1n) is 4.54. The number of aliphatic hydroxyl groups is 1. The Morgan fingerprint density at radius 3 is 2.93 bits per heavy atom. The molecule has 14 heavy (non-hydrogen) atoms. The molecule has 1 unspecified atom stereocenters. The van der Waals surface area contributed by atoms with Crippen LogP contribution in [0.2, 0.25) is 5.15 Å². The molecule has 1 rings (SSSR count). The van der Waals surface area contributed by atoms with Gasteiger partial charge in [-0.15, -0.1) is 0 Å². The highest BCUT2D eigenvalue weighted by molar-refractivity contribution is 6.30. The van der Waals surface area contributed by atoms with Crippen LogP contribution in [0.5, 0.6) is 0 Å². The van der Waals surface area contributed by atoms with Gasteiger partial charge in [0.05, 0.1) is 6.10 Å². The summed E-state index contributed by atoms with van der Waals surface area (Å²) in [7, 11) is 0. The van der Waals surface area contributed by atoms with Crippen LogP contribution in [0.1, 0.15) is 18.9 Å². The van der Waals surface area contributed by atoms with Gasteiger partial charge in [-0.25, -0.2) is 9.97 Å². The molecule has 0 radical (unpaired) electrons. The highest BCUT2D eigenvalue weighted by Gasteiger charge is 2.06. The van der Waals surface area contributed by atoms with E-state index in [0.29, 0.717) is 23.9 Å². The lowest BCUT2D eigenvalue weighted by Crippen LogP contribution is -2.19. The molecule has 0 bridgehead atoms. The van der Waals surface area contributed by atoms with Gasteiger partial charge in [0.2, 0.25) is 0 Å². The summed E-state index contributed by atoms with van der Waals surface area (Å²) in [5.74, 6) is 0.678. The number of hydrogen-bond donors (Lipinski definition) is 2. The van der Waals surface area contributed by atoms with Gasteiger partial charge in [0.1, 0.15) is 17.3 Å². The number of anilines is 1. The van der Waals surface area contributed by atoms with Crippen molar-refractivity contribution in [1.82, 2.24) is 9.97 Å². The van der Waals surface area contributed by atoms with E-state index in [9.17, 15) is 5.11 Å². The van der Waals surface area contributed by atoms with Crippen LogP contribution in [0, 0.1) is 6.92 Å². The van der Waals surface area contributed by atoms with Crippen molar-refractivity contribution in [3.8, 4) is 0 Å². The molecule has 0 aromatic carbocycles. The van der Waals surface area contributed by atoms with Gasteiger partial charge in [0.25, 0.3) is 0 Å². The molecular weight excluding hydrogens is 202 g/mol. The van der Waals surface area contributed by atoms with Gasteiger partial charge in [0.15, 0.2) is 0 Å². The molecule has 1 aromatic heterocycles. The number of aliphatic hydroxyl groups excluding tert-OH is 1. The molecule has 0 saturated heterocycles. The maximum absolute atomic E-state index is 9.34. The minimum atomic E-state index is -0.358. The Labute approximate surface area is 88.3 Å². The summed E-state index contributed by atoms with van der Waals surface area (Å²) in [5, 5.41) is 12.8. The largest absolute Gasteiger partial charge is 0.391 e. The average molecular weight is 216 g/mol. The summed E-state index contributed by atoms with van der Waals surface area (Å²) in [6.07, 6.45) is 1.75. The topological polar surface area (TPSA) is 58.0 Å².